The molecule has 8 heteroatoms. The zero-order valence-electron chi connectivity index (χ0n) is 16.8. The van der Waals surface area contributed by atoms with Gasteiger partial charge in [0.05, 0.1) is 17.5 Å². The second kappa shape index (κ2) is 7.95. The van der Waals surface area contributed by atoms with E-state index in [1.807, 2.05) is 41.4 Å². The van der Waals surface area contributed by atoms with Crippen LogP contribution in [-0.4, -0.2) is 51.1 Å². The molecule has 0 bridgehead atoms. The highest BCUT2D eigenvalue weighted by atomic mass is 16.6. The molecule has 2 fully saturated rings. The van der Waals surface area contributed by atoms with Gasteiger partial charge in [0.1, 0.15) is 24.4 Å². The summed E-state index contributed by atoms with van der Waals surface area (Å²) < 4.78 is 5.65. The van der Waals surface area contributed by atoms with Crippen LogP contribution in [0.15, 0.2) is 42.9 Å². The summed E-state index contributed by atoms with van der Waals surface area (Å²) in [7, 11) is 0. The van der Waals surface area contributed by atoms with Crippen LogP contribution in [0.5, 0.6) is 0 Å². The van der Waals surface area contributed by atoms with Gasteiger partial charge in [-0.15, -0.1) is 0 Å². The van der Waals surface area contributed by atoms with Crippen LogP contribution in [-0.2, 0) is 17.9 Å². The van der Waals surface area contributed by atoms with Crippen LogP contribution in [0.4, 0.5) is 10.6 Å². The SMILES string of the molecule is NCc1ccc(COC(=O)N2CCC[C@@H]3C2CCN3c2ncnc3[nH]ccc23)cc1. The highest BCUT2D eigenvalue weighted by Gasteiger charge is 2.43. The summed E-state index contributed by atoms with van der Waals surface area (Å²) >= 11 is 0. The molecule has 3 N–H and O–H groups in total. The molecule has 2 aromatic heterocycles. The van der Waals surface area contributed by atoms with Gasteiger partial charge in [-0.05, 0) is 36.5 Å². The van der Waals surface area contributed by atoms with Crippen molar-refractivity contribution in [1.29, 1.82) is 0 Å². The molecule has 1 aromatic carbocycles. The molecule has 30 heavy (non-hydrogen) atoms. The standard InChI is InChI=1S/C22H26N6O2/c23-12-15-3-5-16(6-4-15)13-30-22(29)28-10-1-2-18-19(28)8-11-27(18)21-17-7-9-24-20(17)25-14-26-21/h3-7,9,14,18-19H,1-2,8,10-13,23H2,(H,24,25,26)/t18-,19?/m1/s1. The molecule has 4 heterocycles. The number of rotatable bonds is 4. The monoisotopic (exact) mass is 406 g/mol. The fourth-order valence-electron chi connectivity index (χ4n) is 4.76. The summed E-state index contributed by atoms with van der Waals surface area (Å²) in [6, 6.07) is 10.3. The van der Waals surface area contributed by atoms with Crippen LogP contribution in [0.3, 0.4) is 0 Å². The van der Waals surface area contributed by atoms with Crippen LogP contribution in [0, 0.1) is 0 Å². The summed E-state index contributed by atoms with van der Waals surface area (Å²) in [5.74, 6) is 0.948. The third-order valence-corrected chi connectivity index (χ3v) is 6.27. The molecule has 2 aliphatic rings. The zero-order valence-corrected chi connectivity index (χ0v) is 16.8. The van der Waals surface area contributed by atoms with Crippen molar-refractivity contribution in [3.8, 4) is 0 Å². The number of hydrogen-bond donors (Lipinski definition) is 2. The summed E-state index contributed by atoms with van der Waals surface area (Å²) in [5, 5.41) is 1.03. The van der Waals surface area contributed by atoms with E-state index in [0.29, 0.717) is 6.54 Å². The van der Waals surface area contributed by atoms with E-state index in [4.69, 9.17) is 10.5 Å². The smallest absolute Gasteiger partial charge is 0.410 e. The number of anilines is 1. The number of ether oxygens (including phenoxy) is 1. The minimum Gasteiger partial charge on any atom is -0.445 e. The maximum absolute atomic E-state index is 12.9. The van der Waals surface area contributed by atoms with E-state index in [1.54, 1.807) is 6.33 Å². The maximum atomic E-state index is 12.9. The number of amides is 1. The van der Waals surface area contributed by atoms with Crippen LogP contribution in [0.2, 0.25) is 0 Å². The Hall–Kier alpha value is -3.13. The summed E-state index contributed by atoms with van der Waals surface area (Å²) in [4.78, 5) is 29.2. The number of benzene rings is 1. The number of carbonyl (C=O) groups is 1. The normalized spacial score (nSPS) is 21.1. The van der Waals surface area contributed by atoms with Crippen molar-refractivity contribution < 1.29 is 9.53 Å². The van der Waals surface area contributed by atoms with Gasteiger partial charge < -0.3 is 25.3 Å². The van der Waals surface area contributed by atoms with Crippen LogP contribution in [0.1, 0.15) is 30.4 Å². The van der Waals surface area contributed by atoms with E-state index in [1.165, 1.54) is 0 Å². The predicted molar refractivity (Wildman–Crippen MR) is 114 cm³/mol. The van der Waals surface area contributed by atoms with Crippen LogP contribution in [0.25, 0.3) is 11.0 Å². The van der Waals surface area contributed by atoms with Crippen molar-refractivity contribution in [2.45, 2.75) is 44.5 Å². The Balaban J connectivity index is 1.28. The molecule has 2 saturated heterocycles. The van der Waals surface area contributed by atoms with Crippen LogP contribution < -0.4 is 10.6 Å². The minimum absolute atomic E-state index is 0.148. The number of nitrogens with two attached hydrogens (primary N) is 1. The highest BCUT2D eigenvalue weighted by molar-refractivity contribution is 5.87. The first kappa shape index (κ1) is 18.9. The number of hydrogen-bond acceptors (Lipinski definition) is 6. The average Bonchev–Trinajstić information content (AvgIpc) is 3.44. The lowest BCUT2D eigenvalue weighted by atomic mass is 9.97. The Morgan fingerprint density at radius 1 is 1.10 bits per heavy atom. The average molecular weight is 406 g/mol. The molecule has 8 nitrogen and oxygen atoms in total. The van der Waals surface area contributed by atoms with Crippen molar-refractivity contribution in [2.75, 3.05) is 18.0 Å². The van der Waals surface area contributed by atoms with Crippen molar-refractivity contribution in [1.82, 2.24) is 19.9 Å². The Kier molecular flexibility index (Phi) is 5.00. The first-order chi connectivity index (χ1) is 14.7. The summed E-state index contributed by atoms with van der Waals surface area (Å²) in [6.07, 6.45) is 6.18. The summed E-state index contributed by atoms with van der Waals surface area (Å²) in [5.41, 5.74) is 8.52. The number of fused-ring (bicyclic) bond motifs is 2. The second-order valence-electron chi connectivity index (χ2n) is 7.96. The number of nitrogens with zero attached hydrogens (tertiary/aromatic N) is 4. The lowest BCUT2D eigenvalue weighted by Crippen LogP contribution is -2.52. The largest absolute Gasteiger partial charge is 0.445 e. The number of carbonyl (C=O) groups excluding carboxylic acids is 1. The minimum atomic E-state index is -0.232. The Labute approximate surface area is 175 Å². The topological polar surface area (TPSA) is 100 Å². The molecule has 2 aliphatic heterocycles. The highest BCUT2D eigenvalue weighted by Crippen LogP contribution is 2.36. The molecule has 0 radical (unpaired) electrons. The fourth-order valence-corrected chi connectivity index (χ4v) is 4.76. The second-order valence-corrected chi connectivity index (χ2v) is 7.96. The number of H-pyrrole nitrogens is 1. The van der Waals surface area contributed by atoms with E-state index in [2.05, 4.69) is 19.9 Å². The van der Waals surface area contributed by atoms with E-state index < -0.39 is 0 Å². The Bertz CT molecular complexity index is 1030. The van der Waals surface area contributed by atoms with Gasteiger partial charge in [0.2, 0.25) is 0 Å². The fraction of sp³-hybridized carbons (Fsp3) is 0.409. The molecule has 0 saturated carbocycles. The third kappa shape index (κ3) is 3.37. The number of likely N-dealkylation sites (tertiary alicyclic amines) is 1. The number of aromatic nitrogens is 3. The number of nitrogens with one attached hydrogen (secondary N) is 1. The molecule has 0 aliphatic carbocycles. The zero-order chi connectivity index (χ0) is 20.5. The third-order valence-electron chi connectivity index (χ3n) is 6.27. The van der Waals surface area contributed by atoms with Crippen molar-refractivity contribution in [3.63, 3.8) is 0 Å². The molecule has 5 rings (SSSR count). The van der Waals surface area contributed by atoms with Gasteiger partial charge in [0, 0.05) is 25.8 Å². The van der Waals surface area contributed by atoms with E-state index in [-0.39, 0.29) is 24.8 Å². The van der Waals surface area contributed by atoms with E-state index >= 15 is 0 Å². The van der Waals surface area contributed by atoms with Gasteiger partial charge >= 0.3 is 6.09 Å². The molecule has 1 unspecified atom stereocenters. The Morgan fingerprint density at radius 2 is 1.93 bits per heavy atom. The number of aromatic amines is 1. The summed E-state index contributed by atoms with van der Waals surface area (Å²) in [6.45, 7) is 2.40. The van der Waals surface area contributed by atoms with Gasteiger partial charge in [0.15, 0.2) is 0 Å². The first-order valence-electron chi connectivity index (χ1n) is 10.5. The molecule has 156 valence electrons. The van der Waals surface area contributed by atoms with Gasteiger partial charge in [-0.25, -0.2) is 14.8 Å². The van der Waals surface area contributed by atoms with Gasteiger partial charge in [-0.3, -0.25) is 0 Å². The quantitative estimate of drug-likeness (QED) is 0.691. The lowest BCUT2D eigenvalue weighted by Gasteiger charge is -2.39. The van der Waals surface area contributed by atoms with E-state index in [9.17, 15) is 4.79 Å². The van der Waals surface area contributed by atoms with Gasteiger partial charge in [-0.2, -0.15) is 0 Å². The van der Waals surface area contributed by atoms with Crippen molar-refractivity contribution in [3.05, 3.63) is 54.0 Å². The van der Waals surface area contributed by atoms with Gasteiger partial charge in [0.25, 0.3) is 0 Å². The molecular weight excluding hydrogens is 380 g/mol. The Morgan fingerprint density at radius 3 is 2.77 bits per heavy atom. The van der Waals surface area contributed by atoms with Crippen LogP contribution >= 0.6 is 0 Å². The first-order valence-corrected chi connectivity index (χ1v) is 10.5. The molecular formula is C22H26N6O2. The van der Waals surface area contributed by atoms with Crippen molar-refractivity contribution >= 4 is 22.9 Å². The van der Waals surface area contributed by atoms with Crippen molar-refractivity contribution in [2.24, 2.45) is 5.73 Å². The number of piperidine rings is 1. The molecule has 1 amide bonds. The maximum Gasteiger partial charge on any atom is 0.410 e. The molecule has 3 aromatic rings. The molecule has 0 spiro atoms. The lowest BCUT2D eigenvalue weighted by molar-refractivity contribution is 0.0673. The predicted octanol–water partition coefficient (Wildman–Crippen LogP) is 2.80. The molecule has 2 atom stereocenters. The van der Waals surface area contributed by atoms with E-state index in [0.717, 1.165) is 60.3 Å². The van der Waals surface area contributed by atoms with Gasteiger partial charge in [-0.1, -0.05) is 24.3 Å².